The summed E-state index contributed by atoms with van der Waals surface area (Å²) < 4.78 is 1.82. The van der Waals surface area contributed by atoms with Gasteiger partial charge in [0.2, 0.25) is 5.82 Å². The molecule has 0 aliphatic carbocycles. The predicted octanol–water partition coefficient (Wildman–Crippen LogP) is 5.71. The molecule has 0 fully saturated rings. The van der Waals surface area contributed by atoms with Gasteiger partial charge in [0.1, 0.15) is 5.03 Å². The Bertz CT molecular complexity index is 1100. The molecule has 0 N–H and O–H groups in total. The highest BCUT2D eigenvalue weighted by atomic mass is 35.5. The summed E-state index contributed by atoms with van der Waals surface area (Å²) in [7, 11) is 0. The molecule has 0 atom stereocenters. The van der Waals surface area contributed by atoms with Crippen molar-refractivity contribution in [2.75, 3.05) is 0 Å². The van der Waals surface area contributed by atoms with Crippen molar-refractivity contribution in [2.45, 2.75) is 30.7 Å². The van der Waals surface area contributed by atoms with Gasteiger partial charge in [-0.15, -0.1) is 22.0 Å². The van der Waals surface area contributed by atoms with Crippen LogP contribution < -0.4 is 0 Å². The fourth-order valence-corrected chi connectivity index (χ4v) is 4.34. The SMILES string of the molecule is CC(C)n1nnc(-c2cnn(-c3cc(Cl)cc(Cl)c3)c2SCc2ccccc2)n1. The van der Waals surface area contributed by atoms with Gasteiger partial charge in [0, 0.05) is 15.8 Å². The highest BCUT2D eigenvalue weighted by molar-refractivity contribution is 7.98. The molecule has 9 heteroatoms. The second-order valence-corrected chi connectivity index (χ2v) is 8.54. The lowest BCUT2D eigenvalue weighted by Crippen LogP contribution is -2.04. The number of rotatable bonds is 6. The molecule has 0 radical (unpaired) electrons. The summed E-state index contributed by atoms with van der Waals surface area (Å²) >= 11 is 14.1. The molecule has 0 amide bonds. The molecule has 0 aliphatic rings. The van der Waals surface area contributed by atoms with E-state index in [0.29, 0.717) is 15.9 Å². The van der Waals surface area contributed by atoms with Crippen LogP contribution in [-0.4, -0.2) is 30.0 Å². The predicted molar refractivity (Wildman–Crippen MR) is 117 cm³/mol. The lowest BCUT2D eigenvalue weighted by molar-refractivity contribution is 0.455. The summed E-state index contributed by atoms with van der Waals surface area (Å²) in [5.74, 6) is 1.31. The molecule has 2 aromatic carbocycles. The molecular formula is C20H18Cl2N6S. The monoisotopic (exact) mass is 444 g/mol. The largest absolute Gasteiger partial charge is 0.226 e. The van der Waals surface area contributed by atoms with Gasteiger partial charge in [-0.3, -0.25) is 0 Å². The van der Waals surface area contributed by atoms with E-state index in [0.717, 1.165) is 22.0 Å². The third kappa shape index (κ3) is 4.47. The van der Waals surface area contributed by atoms with Crippen LogP contribution in [0.15, 0.2) is 59.8 Å². The van der Waals surface area contributed by atoms with Crippen molar-refractivity contribution < 1.29 is 0 Å². The van der Waals surface area contributed by atoms with E-state index >= 15 is 0 Å². The standard InChI is InChI=1S/C20H18Cl2N6S/c1-13(2)28-25-19(24-26-28)18-11-23-27(17-9-15(21)8-16(22)10-17)20(18)29-12-14-6-4-3-5-7-14/h3-11,13H,12H2,1-2H3. The summed E-state index contributed by atoms with van der Waals surface area (Å²) in [6.45, 7) is 4.02. The maximum atomic E-state index is 6.22. The van der Waals surface area contributed by atoms with Gasteiger partial charge in [-0.25, -0.2) is 4.68 Å². The maximum absolute atomic E-state index is 6.22. The number of hydrogen-bond donors (Lipinski definition) is 0. The molecule has 0 aliphatic heterocycles. The van der Waals surface area contributed by atoms with Gasteiger partial charge in [-0.05, 0) is 42.8 Å². The second-order valence-electron chi connectivity index (χ2n) is 6.70. The molecule has 0 unspecified atom stereocenters. The summed E-state index contributed by atoms with van der Waals surface area (Å²) in [5.41, 5.74) is 2.80. The van der Waals surface area contributed by atoms with Gasteiger partial charge in [-0.1, -0.05) is 53.5 Å². The summed E-state index contributed by atoms with van der Waals surface area (Å²) in [6, 6.07) is 15.7. The Morgan fingerprint density at radius 1 is 1.03 bits per heavy atom. The average molecular weight is 445 g/mol. The van der Waals surface area contributed by atoms with Gasteiger partial charge < -0.3 is 0 Å². The lowest BCUT2D eigenvalue weighted by Gasteiger charge is -2.10. The van der Waals surface area contributed by atoms with Crippen LogP contribution in [-0.2, 0) is 5.75 Å². The highest BCUT2D eigenvalue weighted by Gasteiger charge is 2.20. The van der Waals surface area contributed by atoms with Crippen molar-refractivity contribution in [3.8, 4) is 17.1 Å². The van der Waals surface area contributed by atoms with E-state index in [1.807, 2.05) is 48.9 Å². The van der Waals surface area contributed by atoms with Gasteiger partial charge >= 0.3 is 0 Å². The molecule has 6 nitrogen and oxygen atoms in total. The fourth-order valence-electron chi connectivity index (χ4n) is 2.75. The molecule has 4 rings (SSSR count). The van der Waals surface area contributed by atoms with Crippen LogP contribution >= 0.6 is 35.0 Å². The Hall–Kier alpha value is -2.35. The number of aromatic nitrogens is 6. The molecule has 2 heterocycles. The van der Waals surface area contributed by atoms with Crippen molar-refractivity contribution in [2.24, 2.45) is 0 Å². The quantitative estimate of drug-likeness (QED) is 0.356. The van der Waals surface area contributed by atoms with Gasteiger partial charge in [0.15, 0.2) is 0 Å². The van der Waals surface area contributed by atoms with Crippen molar-refractivity contribution in [1.82, 2.24) is 30.0 Å². The van der Waals surface area contributed by atoms with E-state index in [-0.39, 0.29) is 6.04 Å². The number of benzene rings is 2. The normalized spacial score (nSPS) is 11.3. The maximum Gasteiger partial charge on any atom is 0.209 e. The number of tetrazole rings is 1. The van der Waals surface area contributed by atoms with Crippen LogP contribution in [0.2, 0.25) is 10.0 Å². The van der Waals surface area contributed by atoms with Crippen LogP contribution in [0, 0.1) is 0 Å². The van der Waals surface area contributed by atoms with Gasteiger partial charge in [0.25, 0.3) is 0 Å². The molecule has 29 heavy (non-hydrogen) atoms. The molecular weight excluding hydrogens is 427 g/mol. The molecule has 0 spiro atoms. The van der Waals surface area contributed by atoms with Crippen LogP contribution in [0.25, 0.3) is 17.1 Å². The van der Waals surface area contributed by atoms with Gasteiger partial charge in [0.05, 0.1) is 23.5 Å². The Morgan fingerprint density at radius 2 is 1.76 bits per heavy atom. The van der Waals surface area contributed by atoms with Crippen molar-refractivity contribution in [3.63, 3.8) is 0 Å². The number of halogens is 2. The van der Waals surface area contributed by atoms with E-state index in [9.17, 15) is 0 Å². The lowest BCUT2D eigenvalue weighted by atomic mass is 10.2. The zero-order valence-corrected chi connectivity index (χ0v) is 18.2. The first-order valence-corrected chi connectivity index (χ1v) is 10.8. The van der Waals surface area contributed by atoms with Crippen LogP contribution in [0.4, 0.5) is 0 Å². The average Bonchev–Trinajstić information content (AvgIpc) is 3.33. The minimum absolute atomic E-state index is 0.124. The van der Waals surface area contributed by atoms with Crippen LogP contribution in [0.1, 0.15) is 25.5 Å². The summed E-state index contributed by atoms with van der Waals surface area (Å²) in [5, 5.41) is 19.5. The molecule has 0 saturated heterocycles. The van der Waals surface area contributed by atoms with E-state index in [1.165, 1.54) is 5.56 Å². The van der Waals surface area contributed by atoms with E-state index in [4.69, 9.17) is 23.2 Å². The summed E-state index contributed by atoms with van der Waals surface area (Å²) in [6.07, 6.45) is 1.75. The third-order valence-corrected chi connectivity index (χ3v) is 5.75. The Kier molecular flexibility index (Phi) is 5.89. The van der Waals surface area contributed by atoms with Crippen molar-refractivity contribution >= 4 is 35.0 Å². The van der Waals surface area contributed by atoms with Gasteiger partial charge in [-0.2, -0.15) is 9.90 Å². The number of thioether (sulfide) groups is 1. The van der Waals surface area contributed by atoms with Crippen LogP contribution in [0.3, 0.4) is 0 Å². The smallest absolute Gasteiger partial charge is 0.209 e. The first-order chi connectivity index (χ1) is 14.0. The van der Waals surface area contributed by atoms with Crippen molar-refractivity contribution in [1.29, 1.82) is 0 Å². The van der Waals surface area contributed by atoms with Crippen molar-refractivity contribution in [3.05, 3.63) is 70.3 Å². The summed E-state index contributed by atoms with van der Waals surface area (Å²) in [4.78, 5) is 1.59. The number of hydrogen-bond acceptors (Lipinski definition) is 5. The molecule has 2 aromatic heterocycles. The topological polar surface area (TPSA) is 61.4 Å². The molecule has 0 saturated carbocycles. The first-order valence-electron chi connectivity index (χ1n) is 9.02. The van der Waals surface area contributed by atoms with Crippen LogP contribution in [0.5, 0.6) is 0 Å². The Balaban J connectivity index is 1.77. The molecule has 0 bridgehead atoms. The first kappa shape index (κ1) is 19.9. The minimum atomic E-state index is 0.124. The highest BCUT2D eigenvalue weighted by Crippen LogP contribution is 2.34. The van der Waals surface area contributed by atoms with E-state index in [2.05, 4.69) is 32.6 Å². The Labute approximate surface area is 182 Å². The Morgan fingerprint density at radius 3 is 2.41 bits per heavy atom. The van der Waals surface area contributed by atoms with E-state index in [1.54, 1.807) is 28.8 Å². The molecule has 4 aromatic rings. The zero-order valence-electron chi connectivity index (χ0n) is 15.8. The fraction of sp³-hybridized carbons (Fsp3) is 0.200. The zero-order chi connectivity index (χ0) is 20.4. The molecule has 148 valence electrons. The minimum Gasteiger partial charge on any atom is -0.226 e. The van der Waals surface area contributed by atoms with E-state index < -0.39 is 0 Å². The second kappa shape index (κ2) is 8.57. The number of nitrogens with zero attached hydrogens (tertiary/aromatic N) is 6. The third-order valence-electron chi connectivity index (χ3n) is 4.17.